The summed E-state index contributed by atoms with van der Waals surface area (Å²) in [5.41, 5.74) is 3.65. The molecule has 142 valence electrons. The molecule has 0 radical (unpaired) electrons. The number of Topliss-reactive ketones (excluding diaryl/α,β-unsaturated/α-hetero) is 1. The van der Waals surface area contributed by atoms with Crippen molar-refractivity contribution in [1.82, 2.24) is 14.9 Å². The predicted octanol–water partition coefficient (Wildman–Crippen LogP) is 4.87. The van der Waals surface area contributed by atoms with Crippen LogP contribution in [0.1, 0.15) is 67.6 Å². The summed E-state index contributed by atoms with van der Waals surface area (Å²) in [6.45, 7) is 8.19. The van der Waals surface area contributed by atoms with E-state index in [9.17, 15) is 10.1 Å². The Kier molecular flexibility index (Phi) is 4.19. The van der Waals surface area contributed by atoms with E-state index in [1.165, 1.54) is 11.8 Å². The first kappa shape index (κ1) is 18.2. The van der Waals surface area contributed by atoms with Crippen LogP contribution in [0.25, 0.3) is 17.1 Å². The number of rotatable bonds is 3. The van der Waals surface area contributed by atoms with Crippen molar-refractivity contribution in [3.8, 4) is 23.1 Å². The molecule has 0 saturated carbocycles. The van der Waals surface area contributed by atoms with E-state index in [1.54, 1.807) is 10.7 Å². The van der Waals surface area contributed by atoms with Crippen molar-refractivity contribution in [1.29, 1.82) is 5.26 Å². The maximum Gasteiger partial charge on any atom is 0.167 e. The van der Waals surface area contributed by atoms with Crippen LogP contribution in [-0.2, 0) is 0 Å². The number of carbonyl (C=O) groups is 1. The fraction of sp³-hybridized carbons (Fsp3) is 0.364. The van der Waals surface area contributed by atoms with Crippen LogP contribution in [-0.4, -0.2) is 20.7 Å². The van der Waals surface area contributed by atoms with Crippen LogP contribution < -0.4 is 0 Å². The van der Waals surface area contributed by atoms with Crippen LogP contribution >= 0.6 is 0 Å². The number of carbonyl (C=O) groups excluding carboxylic acids is 1. The second-order valence-corrected chi connectivity index (χ2v) is 8.30. The van der Waals surface area contributed by atoms with Gasteiger partial charge in [0.25, 0.3) is 0 Å². The lowest BCUT2D eigenvalue weighted by Crippen LogP contribution is -2.32. The van der Waals surface area contributed by atoms with Crippen LogP contribution in [0.15, 0.2) is 41.1 Å². The standard InChI is InChI=1S/C22H22N4O2/c1-13(2)14-5-7-15(8-6-14)26-21-16(12-23)22(3,4)11-18(27)19(21)20(24-26)17-9-10-28-25-17/h5-10,13,16H,11H2,1-4H3. The zero-order chi connectivity index (χ0) is 20.1. The highest BCUT2D eigenvalue weighted by Crippen LogP contribution is 2.47. The molecule has 0 amide bonds. The molecule has 1 aromatic carbocycles. The summed E-state index contributed by atoms with van der Waals surface area (Å²) >= 11 is 0. The molecule has 1 unspecified atom stereocenters. The highest BCUT2D eigenvalue weighted by molar-refractivity contribution is 6.04. The minimum Gasteiger partial charge on any atom is -0.364 e. The summed E-state index contributed by atoms with van der Waals surface area (Å²) in [4.78, 5) is 13.0. The molecule has 1 aliphatic rings. The fourth-order valence-corrected chi connectivity index (χ4v) is 3.89. The normalized spacial score (nSPS) is 18.1. The summed E-state index contributed by atoms with van der Waals surface area (Å²) in [6, 6.07) is 12.2. The molecule has 0 spiro atoms. The van der Waals surface area contributed by atoms with Crippen LogP contribution in [0.4, 0.5) is 0 Å². The van der Waals surface area contributed by atoms with Gasteiger partial charge in [0.1, 0.15) is 17.7 Å². The van der Waals surface area contributed by atoms with E-state index in [-0.39, 0.29) is 5.78 Å². The average Bonchev–Trinajstić information content (AvgIpc) is 3.29. The van der Waals surface area contributed by atoms with E-state index in [1.807, 2.05) is 26.0 Å². The monoisotopic (exact) mass is 374 g/mol. The third-order valence-electron chi connectivity index (χ3n) is 5.48. The number of ketones is 1. The van der Waals surface area contributed by atoms with E-state index >= 15 is 0 Å². The third kappa shape index (κ3) is 2.75. The van der Waals surface area contributed by atoms with Gasteiger partial charge < -0.3 is 4.52 Å². The molecule has 4 rings (SSSR count). The Labute approximate surface area is 163 Å². The lowest BCUT2D eigenvalue weighted by atomic mass is 9.68. The minimum atomic E-state index is -0.477. The van der Waals surface area contributed by atoms with Gasteiger partial charge in [-0.15, -0.1) is 0 Å². The summed E-state index contributed by atoms with van der Waals surface area (Å²) in [5.74, 6) is -0.0636. The summed E-state index contributed by atoms with van der Waals surface area (Å²) < 4.78 is 6.70. The van der Waals surface area contributed by atoms with Crippen molar-refractivity contribution < 1.29 is 9.32 Å². The van der Waals surface area contributed by atoms with E-state index in [0.29, 0.717) is 35.0 Å². The average molecular weight is 374 g/mol. The Bertz CT molecular complexity index is 1070. The van der Waals surface area contributed by atoms with Gasteiger partial charge in [-0.1, -0.05) is 45.0 Å². The summed E-state index contributed by atoms with van der Waals surface area (Å²) in [7, 11) is 0. The molecule has 6 heteroatoms. The number of hydrogen-bond donors (Lipinski definition) is 0. The van der Waals surface area contributed by atoms with E-state index in [2.05, 4.69) is 37.2 Å². The number of benzene rings is 1. The van der Waals surface area contributed by atoms with Crippen molar-refractivity contribution in [2.75, 3.05) is 0 Å². The van der Waals surface area contributed by atoms with E-state index in [0.717, 1.165) is 5.69 Å². The molecule has 1 atom stereocenters. The maximum absolute atomic E-state index is 13.0. The number of hydrogen-bond acceptors (Lipinski definition) is 5. The van der Waals surface area contributed by atoms with Gasteiger partial charge in [0, 0.05) is 12.5 Å². The van der Waals surface area contributed by atoms with Crippen molar-refractivity contribution >= 4 is 5.78 Å². The first-order valence-corrected chi connectivity index (χ1v) is 9.40. The van der Waals surface area contributed by atoms with Crippen LogP contribution in [0, 0.1) is 16.7 Å². The zero-order valence-electron chi connectivity index (χ0n) is 16.4. The van der Waals surface area contributed by atoms with Gasteiger partial charge in [0.2, 0.25) is 0 Å². The lowest BCUT2D eigenvalue weighted by molar-refractivity contribution is 0.0900. The molecule has 2 aromatic heterocycles. The Balaban J connectivity index is 1.98. The van der Waals surface area contributed by atoms with Gasteiger partial charge in [-0.3, -0.25) is 4.79 Å². The maximum atomic E-state index is 13.0. The predicted molar refractivity (Wildman–Crippen MR) is 104 cm³/mol. The van der Waals surface area contributed by atoms with Crippen molar-refractivity contribution in [3.63, 3.8) is 0 Å². The molecule has 0 bridgehead atoms. The second kappa shape index (κ2) is 6.45. The summed E-state index contributed by atoms with van der Waals surface area (Å²) in [5, 5.41) is 18.6. The SMILES string of the molecule is CC(C)c1ccc(-n2nc(-c3ccon3)c3c2C(C#N)C(C)(C)CC3=O)cc1. The molecule has 28 heavy (non-hydrogen) atoms. The third-order valence-corrected chi connectivity index (χ3v) is 5.48. The molecular formula is C22H22N4O2. The highest BCUT2D eigenvalue weighted by atomic mass is 16.5. The van der Waals surface area contributed by atoms with Gasteiger partial charge in [0.15, 0.2) is 5.78 Å². The first-order valence-electron chi connectivity index (χ1n) is 9.40. The largest absolute Gasteiger partial charge is 0.364 e. The smallest absolute Gasteiger partial charge is 0.167 e. The fourth-order valence-electron chi connectivity index (χ4n) is 3.89. The molecule has 3 aromatic rings. The van der Waals surface area contributed by atoms with E-state index < -0.39 is 11.3 Å². The molecule has 0 N–H and O–H groups in total. The van der Waals surface area contributed by atoms with Crippen LogP contribution in [0.5, 0.6) is 0 Å². The van der Waals surface area contributed by atoms with Crippen LogP contribution in [0.3, 0.4) is 0 Å². The van der Waals surface area contributed by atoms with Gasteiger partial charge in [-0.2, -0.15) is 10.4 Å². The van der Waals surface area contributed by atoms with Crippen molar-refractivity contribution in [2.45, 2.75) is 46.0 Å². The Morgan fingerprint density at radius 1 is 1.25 bits per heavy atom. The van der Waals surface area contributed by atoms with Crippen molar-refractivity contribution in [3.05, 3.63) is 53.4 Å². The Morgan fingerprint density at radius 3 is 2.54 bits per heavy atom. The van der Waals surface area contributed by atoms with Gasteiger partial charge in [-0.25, -0.2) is 4.68 Å². The Hall–Kier alpha value is -3.20. The van der Waals surface area contributed by atoms with Crippen molar-refractivity contribution in [2.24, 2.45) is 5.41 Å². The molecule has 6 nitrogen and oxygen atoms in total. The van der Waals surface area contributed by atoms with Gasteiger partial charge in [0.05, 0.1) is 28.9 Å². The van der Waals surface area contributed by atoms with Gasteiger partial charge in [-0.05, 0) is 29.0 Å². The van der Waals surface area contributed by atoms with Gasteiger partial charge >= 0.3 is 0 Å². The highest BCUT2D eigenvalue weighted by Gasteiger charge is 2.45. The number of fused-ring (bicyclic) bond motifs is 1. The molecule has 1 aliphatic carbocycles. The van der Waals surface area contributed by atoms with Crippen LogP contribution in [0.2, 0.25) is 0 Å². The molecule has 2 heterocycles. The first-order chi connectivity index (χ1) is 13.3. The Morgan fingerprint density at radius 2 is 1.96 bits per heavy atom. The summed E-state index contributed by atoms with van der Waals surface area (Å²) in [6.07, 6.45) is 1.75. The topological polar surface area (TPSA) is 84.7 Å². The molecular weight excluding hydrogens is 352 g/mol. The second-order valence-electron chi connectivity index (χ2n) is 8.30. The zero-order valence-corrected chi connectivity index (χ0v) is 16.4. The van der Waals surface area contributed by atoms with E-state index in [4.69, 9.17) is 9.62 Å². The quantitative estimate of drug-likeness (QED) is 0.653. The molecule has 0 saturated heterocycles. The molecule has 0 fully saturated rings. The number of nitriles is 1. The number of nitrogens with zero attached hydrogens (tertiary/aromatic N) is 4. The number of aromatic nitrogens is 3. The minimum absolute atomic E-state index is 0.0189. The lowest BCUT2D eigenvalue weighted by Gasteiger charge is -2.34. The molecule has 0 aliphatic heterocycles.